The molecule has 84 valence electrons. The third kappa shape index (κ3) is 1.86. The molecule has 0 aromatic carbocycles. The minimum atomic E-state index is -0.225. The van der Waals surface area contributed by atoms with Crippen molar-refractivity contribution in [1.82, 2.24) is 4.98 Å². The molecule has 1 fully saturated rings. The number of nitriles is 1. The Morgan fingerprint density at radius 2 is 2.31 bits per heavy atom. The summed E-state index contributed by atoms with van der Waals surface area (Å²) in [5.41, 5.74) is 1.37. The lowest BCUT2D eigenvalue weighted by Gasteiger charge is -2.12. The molecule has 0 aliphatic carbocycles. The molecule has 0 spiro atoms. The fraction of sp³-hybridized carbons (Fsp3) is 0.500. The molecule has 1 aliphatic rings. The topological polar surface area (TPSA) is 65.9 Å². The Labute approximate surface area is 93.9 Å². The number of aromatic nitrogens is 1. The number of aryl methyl sites for hydroxylation is 1. The Morgan fingerprint density at radius 1 is 1.56 bits per heavy atom. The first-order valence-corrected chi connectivity index (χ1v) is 5.41. The van der Waals surface area contributed by atoms with Gasteiger partial charge in [0.25, 0.3) is 0 Å². The Morgan fingerprint density at radius 3 is 2.81 bits per heavy atom. The van der Waals surface area contributed by atoms with Gasteiger partial charge in [-0.1, -0.05) is 0 Å². The summed E-state index contributed by atoms with van der Waals surface area (Å²) < 4.78 is 5.68. The molecule has 1 aromatic heterocycles. The highest BCUT2D eigenvalue weighted by molar-refractivity contribution is 5.34. The van der Waals surface area contributed by atoms with Crippen molar-refractivity contribution in [1.29, 1.82) is 5.26 Å². The van der Waals surface area contributed by atoms with Gasteiger partial charge in [0.05, 0.1) is 12.2 Å². The fourth-order valence-electron chi connectivity index (χ4n) is 2.06. The zero-order valence-corrected chi connectivity index (χ0v) is 9.41. The summed E-state index contributed by atoms with van der Waals surface area (Å²) >= 11 is 0. The van der Waals surface area contributed by atoms with Gasteiger partial charge in [-0.3, -0.25) is 4.79 Å². The highest BCUT2D eigenvalue weighted by Gasteiger charge is 2.24. The van der Waals surface area contributed by atoms with E-state index in [2.05, 4.69) is 4.98 Å². The zero-order valence-electron chi connectivity index (χ0n) is 9.41. The molecule has 2 heterocycles. The third-order valence-corrected chi connectivity index (χ3v) is 2.93. The molecule has 4 nitrogen and oxygen atoms in total. The van der Waals surface area contributed by atoms with E-state index in [4.69, 9.17) is 10.00 Å². The van der Waals surface area contributed by atoms with E-state index < -0.39 is 0 Å². The van der Waals surface area contributed by atoms with Crippen LogP contribution in [0.15, 0.2) is 10.9 Å². The average molecular weight is 218 g/mol. The van der Waals surface area contributed by atoms with Crippen molar-refractivity contribution in [3.63, 3.8) is 0 Å². The maximum absolute atomic E-state index is 11.6. The summed E-state index contributed by atoms with van der Waals surface area (Å²) in [6.07, 6.45) is 2.13. The quantitative estimate of drug-likeness (QED) is 0.781. The lowest BCUT2D eigenvalue weighted by Crippen LogP contribution is -2.14. The first kappa shape index (κ1) is 10.9. The highest BCUT2D eigenvalue weighted by Crippen LogP contribution is 2.30. The molecule has 2 unspecified atom stereocenters. The molecule has 0 saturated carbocycles. The molecule has 0 bridgehead atoms. The number of ether oxygens (including phenoxy) is 1. The van der Waals surface area contributed by atoms with Crippen molar-refractivity contribution < 1.29 is 4.74 Å². The summed E-state index contributed by atoms with van der Waals surface area (Å²) in [5, 5.41) is 8.80. The maximum atomic E-state index is 11.6. The minimum absolute atomic E-state index is 0.0332. The Bertz CT molecular complexity index is 499. The molecule has 1 aromatic rings. The molecule has 16 heavy (non-hydrogen) atoms. The number of hydrogen-bond acceptors (Lipinski definition) is 3. The number of aromatic amines is 1. The molecule has 2 rings (SSSR count). The highest BCUT2D eigenvalue weighted by atomic mass is 16.5. The van der Waals surface area contributed by atoms with Crippen molar-refractivity contribution in [2.75, 3.05) is 0 Å². The SMILES string of the molecule is Cc1[nH]c(C2CCC(C)O2)cc(=O)c1C#N. The summed E-state index contributed by atoms with van der Waals surface area (Å²) in [6.45, 7) is 3.76. The molecule has 1 aliphatic heterocycles. The van der Waals surface area contributed by atoms with Gasteiger partial charge in [0, 0.05) is 17.5 Å². The van der Waals surface area contributed by atoms with Crippen LogP contribution in [0.3, 0.4) is 0 Å². The number of pyridine rings is 1. The van der Waals surface area contributed by atoms with Crippen LogP contribution in [-0.2, 0) is 4.74 Å². The average Bonchev–Trinajstić information content (AvgIpc) is 2.64. The predicted octanol–water partition coefficient (Wildman–Crippen LogP) is 1.79. The van der Waals surface area contributed by atoms with Crippen LogP contribution in [0, 0.1) is 18.3 Å². The van der Waals surface area contributed by atoms with Gasteiger partial charge in [-0.15, -0.1) is 0 Å². The first-order valence-electron chi connectivity index (χ1n) is 5.41. The number of nitrogens with one attached hydrogen (secondary N) is 1. The van der Waals surface area contributed by atoms with E-state index in [1.165, 1.54) is 6.07 Å². The van der Waals surface area contributed by atoms with Crippen LogP contribution in [0.25, 0.3) is 0 Å². The molecule has 4 heteroatoms. The molecule has 0 amide bonds. The van der Waals surface area contributed by atoms with Gasteiger partial charge < -0.3 is 9.72 Å². The number of hydrogen-bond donors (Lipinski definition) is 1. The van der Waals surface area contributed by atoms with Gasteiger partial charge in [0.2, 0.25) is 0 Å². The van der Waals surface area contributed by atoms with Crippen molar-refractivity contribution in [3.8, 4) is 6.07 Å². The molecular formula is C12H14N2O2. The van der Waals surface area contributed by atoms with E-state index in [9.17, 15) is 4.79 Å². The normalized spacial score (nSPS) is 24.3. The smallest absolute Gasteiger partial charge is 0.199 e. The minimum Gasteiger partial charge on any atom is -0.369 e. The van der Waals surface area contributed by atoms with Crippen molar-refractivity contribution in [2.45, 2.75) is 38.9 Å². The Balaban J connectivity index is 2.38. The third-order valence-electron chi connectivity index (χ3n) is 2.93. The standard InChI is InChI=1S/C12H14N2O2/c1-7-3-4-12(16-7)10-5-11(15)9(6-13)8(2)14-10/h5,7,12H,3-4H2,1-2H3,(H,14,15). The van der Waals surface area contributed by atoms with Crippen LogP contribution >= 0.6 is 0 Å². The molecule has 1 saturated heterocycles. The van der Waals surface area contributed by atoms with Crippen molar-refractivity contribution >= 4 is 0 Å². The molecule has 2 atom stereocenters. The van der Waals surface area contributed by atoms with Gasteiger partial charge >= 0.3 is 0 Å². The van der Waals surface area contributed by atoms with Crippen LogP contribution in [0.4, 0.5) is 0 Å². The van der Waals surface area contributed by atoms with Gasteiger partial charge in [0.15, 0.2) is 5.43 Å². The second-order valence-electron chi connectivity index (χ2n) is 4.21. The first-order chi connectivity index (χ1) is 7.61. The monoisotopic (exact) mass is 218 g/mol. The van der Waals surface area contributed by atoms with Crippen molar-refractivity contribution in [2.24, 2.45) is 0 Å². The van der Waals surface area contributed by atoms with Crippen LogP contribution in [-0.4, -0.2) is 11.1 Å². The maximum Gasteiger partial charge on any atom is 0.199 e. The lowest BCUT2D eigenvalue weighted by molar-refractivity contribution is 0.0529. The van der Waals surface area contributed by atoms with E-state index in [1.54, 1.807) is 6.92 Å². The lowest BCUT2D eigenvalue weighted by atomic mass is 10.1. The molecule has 0 radical (unpaired) electrons. The second-order valence-corrected chi connectivity index (χ2v) is 4.21. The molecular weight excluding hydrogens is 204 g/mol. The number of nitrogens with zero attached hydrogens (tertiary/aromatic N) is 1. The van der Waals surface area contributed by atoms with Crippen LogP contribution < -0.4 is 5.43 Å². The summed E-state index contributed by atoms with van der Waals surface area (Å²) in [7, 11) is 0. The number of H-pyrrole nitrogens is 1. The van der Waals surface area contributed by atoms with E-state index >= 15 is 0 Å². The zero-order chi connectivity index (χ0) is 11.7. The van der Waals surface area contributed by atoms with E-state index in [0.29, 0.717) is 5.69 Å². The second kappa shape index (κ2) is 4.11. The van der Waals surface area contributed by atoms with Gasteiger partial charge in [0.1, 0.15) is 11.6 Å². The van der Waals surface area contributed by atoms with Gasteiger partial charge in [-0.2, -0.15) is 5.26 Å². The van der Waals surface area contributed by atoms with Crippen molar-refractivity contribution in [3.05, 3.63) is 33.2 Å². The van der Waals surface area contributed by atoms with Crippen LogP contribution in [0.2, 0.25) is 0 Å². The van der Waals surface area contributed by atoms with Crippen LogP contribution in [0.1, 0.15) is 42.8 Å². The van der Waals surface area contributed by atoms with Gasteiger partial charge in [-0.25, -0.2) is 0 Å². The van der Waals surface area contributed by atoms with E-state index in [1.807, 2.05) is 13.0 Å². The largest absolute Gasteiger partial charge is 0.369 e. The fourth-order valence-corrected chi connectivity index (χ4v) is 2.06. The van der Waals surface area contributed by atoms with Crippen LogP contribution in [0.5, 0.6) is 0 Å². The molecule has 1 N–H and O–H groups in total. The summed E-state index contributed by atoms with van der Waals surface area (Å²) in [6, 6.07) is 3.39. The Hall–Kier alpha value is -1.60. The number of rotatable bonds is 1. The van der Waals surface area contributed by atoms with Gasteiger partial charge in [-0.05, 0) is 26.7 Å². The van der Waals surface area contributed by atoms with E-state index in [-0.39, 0.29) is 23.2 Å². The van der Waals surface area contributed by atoms with E-state index in [0.717, 1.165) is 18.5 Å². The summed E-state index contributed by atoms with van der Waals surface area (Å²) in [5.74, 6) is 0. The Kier molecular flexibility index (Phi) is 2.80. The summed E-state index contributed by atoms with van der Waals surface area (Å²) in [4.78, 5) is 14.7. The predicted molar refractivity (Wildman–Crippen MR) is 59.0 cm³/mol.